The number of aliphatic hydroxyl groups excluding tert-OH is 1. The number of amides is 1. The van der Waals surface area contributed by atoms with Crippen molar-refractivity contribution in [1.29, 1.82) is 0 Å². The van der Waals surface area contributed by atoms with Crippen LogP contribution in [0.1, 0.15) is 33.9 Å². The molecule has 6 rings (SSSR count). The maximum Gasteiger partial charge on any atom is 0.301 e. The molecule has 220 valence electrons. The molecule has 7 nitrogen and oxygen atoms in total. The van der Waals surface area contributed by atoms with E-state index in [-0.39, 0.29) is 21.8 Å². The number of thioether (sulfide) groups is 1. The van der Waals surface area contributed by atoms with E-state index in [9.17, 15) is 14.7 Å². The average Bonchev–Trinajstić information content (AvgIpc) is 3.61. The summed E-state index contributed by atoms with van der Waals surface area (Å²) in [6.07, 6.45) is 0. The number of benzene rings is 4. The molecule has 0 bridgehead atoms. The number of halogens is 1. The number of hydrogen-bond donors (Lipinski definition) is 1. The van der Waals surface area contributed by atoms with Crippen LogP contribution in [0.3, 0.4) is 0 Å². The summed E-state index contributed by atoms with van der Waals surface area (Å²) in [6, 6.07) is 28.9. The molecule has 1 fully saturated rings. The average molecular weight is 624 g/mol. The zero-order valence-corrected chi connectivity index (χ0v) is 25.1. The molecule has 1 aliphatic rings. The number of ether oxygens (including phenoxy) is 1. The van der Waals surface area contributed by atoms with Crippen LogP contribution in [-0.4, -0.2) is 27.0 Å². The van der Waals surface area contributed by atoms with E-state index in [1.54, 1.807) is 30.3 Å². The highest BCUT2D eigenvalue weighted by atomic mass is 32.2. The third-order valence-electron chi connectivity index (χ3n) is 7.07. The van der Waals surface area contributed by atoms with Crippen molar-refractivity contribution in [2.45, 2.75) is 29.7 Å². The monoisotopic (exact) mass is 623 g/mol. The molecule has 1 saturated heterocycles. The summed E-state index contributed by atoms with van der Waals surface area (Å²) in [6.45, 7) is 2.37. The summed E-state index contributed by atoms with van der Waals surface area (Å²) in [7, 11) is 0. The quantitative estimate of drug-likeness (QED) is 0.0598. The molecular weight excluding hydrogens is 598 g/mol. The van der Waals surface area contributed by atoms with Gasteiger partial charge < -0.3 is 9.84 Å². The Morgan fingerprint density at radius 1 is 0.932 bits per heavy atom. The Labute approximate surface area is 261 Å². The molecule has 2 heterocycles. The van der Waals surface area contributed by atoms with Crippen LogP contribution in [0.15, 0.2) is 113 Å². The first-order valence-electron chi connectivity index (χ1n) is 13.7. The summed E-state index contributed by atoms with van der Waals surface area (Å²) in [4.78, 5) is 28.0. The van der Waals surface area contributed by atoms with Gasteiger partial charge >= 0.3 is 5.91 Å². The number of ketones is 1. The lowest BCUT2D eigenvalue weighted by Crippen LogP contribution is -2.29. The summed E-state index contributed by atoms with van der Waals surface area (Å²) >= 11 is 2.56. The molecule has 4 aromatic carbocycles. The Hall–Kier alpha value is -4.80. The standard InChI is InChI=1S/C34H26FN3O4S2/c1-21-8-7-11-23(18-21)19-42-25-16-14-24(15-17-25)30(39)28-29(26-12-5-6-13-27(26)35)38(32(41)31(28)40)33-36-37-34(44-33)43-20-22-9-3-2-4-10-22/h2-18,29,39H,19-20H2,1H3. The summed E-state index contributed by atoms with van der Waals surface area (Å²) in [5, 5.41) is 19.9. The predicted octanol–water partition coefficient (Wildman–Crippen LogP) is 7.48. The fourth-order valence-electron chi connectivity index (χ4n) is 4.93. The lowest BCUT2D eigenvalue weighted by Gasteiger charge is -2.22. The third-order valence-corrected chi connectivity index (χ3v) is 9.19. The van der Waals surface area contributed by atoms with Gasteiger partial charge in [-0.1, -0.05) is 101 Å². The van der Waals surface area contributed by atoms with Crippen molar-refractivity contribution >= 4 is 45.7 Å². The number of nitrogens with zero attached hydrogens (tertiary/aromatic N) is 3. The van der Waals surface area contributed by atoms with E-state index in [0.29, 0.717) is 22.4 Å². The number of Topliss-reactive ketones (excluding diaryl/α,β-unsaturated/α-hetero) is 1. The molecule has 1 N–H and O–H groups in total. The summed E-state index contributed by atoms with van der Waals surface area (Å²) < 4.78 is 21.7. The van der Waals surface area contributed by atoms with Crippen molar-refractivity contribution in [1.82, 2.24) is 10.2 Å². The second-order valence-corrected chi connectivity index (χ2v) is 12.3. The van der Waals surface area contributed by atoms with E-state index >= 15 is 4.39 Å². The highest BCUT2D eigenvalue weighted by Crippen LogP contribution is 2.44. The minimum absolute atomic E-state index is 0.0556. The van der Waals surface area contributed by atoms with Crippen LogP contribution in [0.2, 0.25) is 0 Å². The maximum absolute atomic E-state index is 15.2. The second kappa shape index (κ2) is 12.8. The molecule has 0 radical (unpaired) electrons. The van der Waals surface area contributed by atoms with Crippen LogP contribution in [0.5, 0.6) is 5.75 Å². The van der Waals surface area contributed by atoms with Gasteiger partial charge in [0.05, 0.1) is 5.57 Å². The molecule has 1 aliphatic heterocycles. The number of anilines is 1. The SMILES string of the molecule is Cc1cccc(COc2ccc(C(O)=C3C(=O)C(=O)N(c4nnc(SCc5ccccc5)s4)C3c3ccccc3F)cc2)c1. The van der Waals surface area contributed by atoms with Gasteiger partial charge in [0.2, 0.25) is 5.13 Å². The van der Waals surface area contributed by atoms with Crippen LogP contribution in [-0.2, 0) is 21.9 Å². The first-order chi connectivity index (χ1) is 21.4. The zero-order valence-electron chi connectivity index (χ0n) is 23.5. The number of carbonyl (C=O) groups is 2. The van der Waals surface area contributed by atoms with Gasteiger partial charge in [0, 0.05) is 16.9 Å². The zero-order chi connectivity index (χ0) is 30.6. The topological polar surface area (TPSA) is 92.6 Å². The Morgan fingerprint density at radius 3 is 2.41 bits per heavy atom. The van der Waals surface area contributed by atoms with Crippen LogP contribution in [0, 0.1) is 12.7 Å². The van der Waals surface area contributed by atoms with E-state index in [0.717, 1.165) is 32.9 Å². The lowest BCUT2D eigenvalue weighted by atomic mass is 9.95. The van der Waals surface area contributed by atoms with E-state index in [1.807, 2.05) is 61.5 Å². The number of rotatable bonds is 9. The van der Waals surface area contributed by atoms with Crippen LogP contribution in [0.25, 0.3) is 5.76 Å². The fraction of sp³-hybridized carbons (Fsp3) is 0.118. The van der Waals surface area contributed by atoms with Gasteiger partial charge in [-0.25, -0.2) is 4.39 Å². The van der Waals surface area contributed by atoms with E-state index < -0.39 is 29.3 Å². The van der Waals surface area contributed by atoms with Crippen molar-refractivity contribution < 1.29 is 23.8 Å². The first kappa shape index (κ1) is 29.3. The Balaban J connectivity index is 1.31. The van der Waals surface area contributed by atoms with Gasteiger partial charge in [0.25, 0.3) is 5.78 Å². The minimum Gasteiger partial charge on any atom is -0.507 e. The first-order valence-corrected chi connectivity index (χ1v) is 15.5. The highest BCUT2D eigenvalue weighted by molar-refractivity contribution is 8.00. The molecule has 1 unspecified atom stereocenters. The van der Waals surface area contributed by atoms with Crippen LogP contribution in [0.4, 0.5) is 9.52 Å². The maximum atomic E-state index is 15.2. The third kappa shape index (κ3) is 6.13. The van der Waals surface area contributed by atoms with Gasteiger partial charge in [-0.2, -0.15) is 0 Å². The van der Waals surface area contributed by atoms with E-state index in [4.69, 9.17) is 4.74 Å². The van der Waals surface area contributed by atoms with E-state index in [2.05, 4.69) is 10.2 Å². The van der Waals surface area contributed by atoms with Gasteiger partial charge in [-0.05, 0) is 48.4 Å². The molecular formula is C34H26FN3O4S2. The Kier molecular flexibility index (Phi) is 8.53. The largest absolute Gasteiger partial charge is 0.507 e. The Bertz CT molecular complexity index is 1860. The molecule has 10 heteroatoms. The fourth-order valence-corrected chi connectivity index (χ4v) is 6.75. The van der Waals surface area contributed by atoms with Gasteiger partial charge in [-0.15, -0.1) is 10.2 Å². The summed E-state index contributed by atoms with van der Waals surface area (Å²) in [5.74, 6) is -1.72. The number of aryl methyl sites for hydroxylation is 1. The van der Waals surface area contributed by atoms with Gasteiger partial charge in [-0.3, -0.25) is 14.5 Å². The number of carbonyl (C=O) groups excluding carboxylic acids is 2. The molecule has 0 saturated carbocycles. The smallest absolute Gasteiger partial charge is 0.301 e. The van der Waals surface area contributed by atoms with Crippen LogP contribution < -0.4 is 9.64 Å². The molecule has 44 heavy (non-hydrogen) atoms. The highest BCUT2D eigenvalue weighted by Gasteiger charge is 2.49. The minimum atomic E-state index is -1.24. The van der Waals surface area contributed by atoms with Crippen molar-refractivity contribution in [3.05, 3.63) is 142 Å². The Morgan fingerprint density at radius 2 is 1.66 bits per heavy atom. The molecule has 1 aromatic heterocycles. The van der Waals surface area contributed by atoms with Gasteiger partial charge in [0.15, 0.2) is 4.34 Å². The van der Waals surface area contributed by atoms with Crippen molar-refractivity contribution in [3.8, 4) is 5.75 Å². The molecule has 0 aliphatic carbocycles. The normalized spacial score (nSPS) is 16.0. The second-order valence-electron chi connectivity index (χ2n) is 10.1. The number of aromatic nitrogens is 2. The molecule has 0 spiro atoms. The summed E-state index contributed by atoms with van der Waals surface area (Å²) in [5.41, 5.74) is 3.33. The molecule has 5 aromatic rings. The van der Waals surface area contributed by atoms with Crippen molar-refractivity contribution in [2.24, 2.45) is 0 Å². The number of aliphatic hydroxyl groups is 1. The molecule has 1 atom stereocenters. The number of hydrogen-bond acceptors (Lipinski definition) is 8. The molecule has 1 amide bonds. The van der Waals surface area contributed by atoms with Crippen LogP contribution >= 0.6 is 23.1 Å². The predicted molar refractivity (Wildman–Crippen MR) is 169 cm³/mol. The van der Waals surface area contributed by atoms with E-state index in [1.165, 1.54) is 30.0 Å². The lowest BCUT2D eigenvalue weighted by molar-refractivity contribution is -0.132. The van der Waals surface area contributed by atoms with Gasteiger partial charge in [0.1, 0.15) is 30.0 Å². The van der Waals surface area contributed by atoms with Crippen molar-refractivity contribution in [2.75, 3.05) is 4.90 Å². The van der Waals surface area contributed by atoms with Crippen molar-refractivity contribution in [3.63, 3.8) is 0 Å².